The first-order valence-corrected chi connectivity index (χ1v) is 11.9. The number of carbonyl (C=O) groups excluding carboxylic acids is 1. The Kier molecular flexibility index (Phi) is 8.31. The number of amides is 1. The number of methoxy groups -OCH3 is 1. The van der Waals surface area contributed by atoms with Gasteiger partial charge >= 0.3 is 5.97 Å². The zero-order valence-corrected chi connectivity index (χ0v) is 20.9. The lowest BCUT2D eigenvalue weighted by Crippen LogP contribution is -2.25. The molecular formula is C26H25F3N2O4S. The molecule has 0 saturated heterocycles. The highest BCUT2D eigenvalue weighted by atomic mass is 32.1. The van der Waals surface area contributed by atoms with Crippen molar-refractivity contribution >= 4 is 34.4 Å². The van der Waals surface area contributed by atoms with Crippen molar-refractivity contribution < 1.29 is 32.6 Å². The molecule has 1 heterocycles. The van der Waals surface area contributed by atoms with E-state index >= 15 is 4.39 Å². The standard InChI is InChI=1S/C26H25F3N2O4S/c1-5-9-26(3,35-4)18-8-6-7-16(22(18)29)21-13-36-25(30-21)31-23(32)15-11-19(27)17(20(28)12-15)10-14(2)24(33)34/h6-8,10-13H,5,9H2,1-4H3,(H,33,34)(H,30,31,32). The zero-order valence-electron chi connectivity index (χ0n) is 20.1. The predicted octanol–water partition coefficient (Wildman–Crippen LogP) is 6.63. The fourth-order valence-corrected chi connectivity index (χ4v) is 4.42. The fraction of sp³-hybridized carbons (Fsp3) is 0.269. The van der Waals surface area contributed by atoms with E-state index in [4.69, 9.17) is 9.84 Å². The van der Waals surface area contributed by atoms with Gasteiger partial charge in [-0.1, -0.05) is 25.5 Å². The Morgan fingerprint density at radius 3 is 2.47 bits per heavy atom. The Morgan fingerprint density at radius 2 is 1.89 bits per heavy atom. The Hall–Kier alpha value is -3.50. The van der Waals surface area contributed by atoms with E-state index in [2.05, 4.69) is 10.3 Å². The Labute approximate surface area is 210 Å². The summed E-state index contributed by atoms with van der Waals surface area (Å²) in [6, 6.07) is 6.53. The van der Waals surface area contributed by atoms with Crippen LogP contribution in [0.5, 0.6) is 0 Å². The topological polar surface area (TPSA) is 88.5 Å². The summed E-state index contributed by atoms with van der Waals surface area (Å²) in [6.45, 7) is 4.99. The van der Waals surface area contributed by atoms with E-state index in [9.17, 15) is 18.4 Å². The molecule has 190 valence electrons. The second kappa shape index (κ2) is 11.0. The highest BCUT2D eigenvalue weighted by molar-refractivity contribution is 7.14. The van der Waals surface area contributed by atoms with E-state index in [1.165, 1.54) is 14.0 Å². The number of hydrogen-bond acceptors (Lipinski definition) is 5. The number of anilines is 1. The molecule has 2 N–H and O–H groups in total. The maximum Gasteiger partial charge on any atom is 0.331 e. The Morgan fingerprint density at radius 1 is 1.22 bits per heavy atom. The molecule has 0 aliphatic rings. The summed E-state index contributed by atoms with van der Waals surface area (Å²) < 4.78 is 49.8. The van der Waals surface area contributed by atoms with Gasteiger partial charge in [-0.15, -0.1) is 11.3 Å². The highest BCUT2D eigenvalue weighted by Crippen LogP contribution is 2.36. The van der Waals surface area contributed by atoms with E-state index in [-0.39, 0.29) is 27.5 Å². The molecule has 6 nitrogen and oxygen atoms in total. The molecular weight excluding hydrogens is 493 g/mol. The SMILES string of the molecule is CCCC(C)(OC)c1cccc(-c2csc(NC(=O)c3cc(F)c(C=C(C)C(=O)O)c(F)c3)n2)c1F. The van der Waals surface area contributed by atoms with Gasteiger partial charge in [-0.25, -0.2) is 22.9 Å². The van der Waals surface area contributed by atoms with Crippen molar-refractivity contribution in [3.05, 3.63) is 75.4 Å². The zero-order chi connectivity index (χ0) is 26.6. The van der Waals surface area contributed by atoms with E-state index in [0.29, 0.717) is 12.0 Å². The van der Waals surface area contributed by atoms with Gasteiger partial charge in [-0.05, 0) is 44.5 Å². The number of hydrogen-bond donors (Lipinski definition) is 2. The molecule has 0 spiro atoms. The first-order valence-electron chi connectivity index (χ1n) is 11.0. The van der Waals surface area contributed by atoms with Gasteiger partial charge in [0.15, 0.2) is 5.13 Å². The van der Waals surface area contributed by atoms with E-state index < -0.39 is 40.5 Å². The lowest BCUT2D eigenvalue weighted by Gasteiger charge is -2.29. The highest BCUT2D eigenvalue weighted by Gasteiger charge is 2.30. The number of carboxylic acids is 1. The van der Waals surface area contributed by atoms with Crippen molar-refractivity contribution in [3.8, 4) is 11.3 Å². The number of halogens is 3. The van der Waals surface area contributed by atoms with Gasteiger partial charge in [-0.3, -0.25) is 10.1 Å². The van der Waals surface area contributed by atoms with Crippen LogP contribution in [0.2, 0.25) is 0 Å². The van der Waals surface area contributed by atoms with Crippen LogP contribution in [0, 0.1) is 17.5 Å². The van der Waals surface area contributed by atoms with E-state index in [0.717, 1.165) is 36.0 Å². The third-order valence-corrected chi connectivity index (χ3v) is 6.54. The maximum absolute atomic E-state index is 15.4. The Balaban J connectivity index is 1.86. The second-order valence-electron chi connectivity index (χ2n) is 8.33. The summed E-state index contributed by atoms with van der Waals surface area (Å²) >= 11 is 1.03. The minimum absolute atomic E-state index is 0.106. The number of nitrogens with one attached hydrogen (secondary N) is 1. The van der Waals surface area contributed by atoms with Crippen molar-refractivity contribution in [2.45, 2.75) is 39.2 Å². The van der Waals surface area contributed by atoms with Crippen LogP contribution in [0.4, 0.5) is 18.3 Å². The first-order chi connectivity index (χ1) is 17.0. The predicted molar refractivity (Wildman–Crippen MR) is 132 cm³/mol. The first kappa shape index (κ1) is 27.1. The van der Waals surface area contributed by atoms with Gasteiger partial charge in [0.2, 0.25) is 0 Å². The van der Waals surface area contributed by atoms with Crippen LogP contribution in [0.3, 0.4) is 0 Å². The molecule has 0 saturated carbocycles. The molecule has 36 heavy (non-hydrogen) atoms. The molecule has 0 fully saturated rings. The molecule has 1 atom stereocenters. The third kappa shape index (κ3) is 5.66. The number of carboxylic acid groups (broad SMARTS) is 1. The van der Waals surface area contributed by atoms with Crippen molar-refractivity contribution in [3.63, 3.8) is 0 Å². The molecule has 0 aliphatic heterocycles. The van der Waals surface area contributed by atoms with Crippen LogP contribution in [-0.4, -0.2) is 29.1 Å². The van der Waals surface area contributed by atoms with Crippen LogP contribution in [0.25, 0.3) is 17.3 Å². The summed E-state index contributed by atoms with van der Waals surface area (Å²) in [6.07, 6.45) is 2.25. The van der Waals surface area contributed by atoms with Gasteiger partial charge in [0.05, 0.1) is 11.3 Å². The normalized spacial score (nSPS) is 13.4. The summed E-state index contributed by atoms with van der Waals surface area (Å²) in [7, 11) is 1.53. The van der Waals surface area contributed by atoms with Crippen molar-refractivity contribution in [1.82, 2.24) is 4.98 Å². The quantitative estimate of drug-likeness (QED) is 0.311. The van der Waals surface area contributed by atoms with Gasteiger partial charge in [0, 0.05) is 40.3 Å². The maximum atomic E-state index is 15.4. The minimum Gasteiger partial charge on any atom is -0.478 e. The number of nitrogens with zero attached hydrogens (tertiary/aromatic N) is 1. The monoisotopic (exact) mass is 518 g/mol. The third-order valence-electron chi connectivity index (χ3n) is 5.79. The number of aromatic nitrogens is 1. The molecule has 10 heteroatoms. The number of carbonyl (C=O) groups is 2. The molecule has 0 radical (unpaired) electrons. The van der Waals surface area contributed by atoms with Crippen molar-refractivity contribution in [2.75, 3.05) is 12.4 Å². The van der Waals surface area contributed by atoms with Gasteiger partial charge in [0.1, 0.15) is 17.5 Å². The molecule has 3 aromatic rings. The largest absolute Gasteiger partial charge is 0.478 e. The average molecular weight is 519 g/mol. The van der Waals surface area contributed by atoms with Crippen LogP contribution in [-0.2, 0) is 15.1 Å². The number of benzene rings is 2. The van der Waals surface area contributed by atoms with Crippen molar-refractivity contribution in [1.29, 1.82) is 0 Å². The van der Waals surface area contributed by atoms with Crippen LogP contribution < -0.4 is 5.32 Å². The number of aliphatic carboxylic acids is 1. The summed E-state index contributed by atoms with van der Waals surface area (Å²) in [5.41, 5.74) is -1.07. The van der Waals surface area contributed by atoms with Crippen LogP contribution >= 0.6 is 11.3 Å². The van der Waals surface area contributed by atoms with E-state index in [1.54, 1.807) is 23.6 Å². The van der Waals surface area contributed by atoms with Crippen LogP contribution in [0.1, 0.15) is 55.1 Å². The fourth-order valence-electron chi connectivity index (χ4n) is 3.72. The van der Waals surface area contributed by atoms with Gasteiger partial charge in [0.25, 0.3) is 5.91 Å². The average Bonchev–Trinajstić information content (AvgIpc) is 3.29. The van der Waals surface area contributed by atoms with Crippen LogP contribution in [0.15, 0.2) is 41.3 Å². The molecule has 1 amide bonds. The summed E-state index contributed by atoms with van der Waals surface area (Å²) in [4.78, 5) is 27.8. The molecule has 0 bridgehead atoms. The molecule has 0 aliphatic carbocycles. The summed E-state index contributed by atoms with van der Waals surface area (Å²) in [5.74, 6) is -4.82. The van der Waals surface area contributed by atoms with E-state index in [1.807, 2.05) is 13.8 Å². The minimum atomic E-state index is -1.32. The van der Waals surface area contributed by atoms with Crippen molar-refractivity contribution in [2.24, 2.45) is 0 Å². The smallest absolute Gasteiger partial charge is 0.331 e. The number of rotatable bonds is 9. The molecule has 2 aromatic carbocycles. The van der Waals surface area contributed by atoms with Gasteiger partial charge in [-0.2, -0.15) is 0 Å². The van der Waals surface area contributed by atoms with Gasteiger partial charge < -0.3 is 9.84 Å². The molecule has 1 unspecified atom stereocenters. The molecule has 3 rings (SSSR count). The lowest BCUT2D eigenvalue weighted by atomic mass is 9.89. The second-order valence-corrected chi connectivity index (χ2v) is 9.19. The number of ether oxygens (including phenoxy) is 1. The summed E-state index contributed by atoms with van der Waals surface area (Å²) in [5, 5.41) is 13.0. The Bertz CT molecular complexity index is 1320. The molecule has 1 aromatic heterocycles. The lowest BCUT2D eigenvalue weighted by molar-refractivity contribution is -0.132. The number of thiazole rings is 1.